The zero-order valence-corrected chi connectivity index (χ0v) is 20.9. The third-order valence-electron chi connectivity index (χ3n) is 6.86. The van der Waals surface area contributed by atoms with Gasteiger partial charge in [-0.25, -0.2) is 8.42 Å². The van der Waals surface area contributed by atoms with E-state index in [4.69, 9.17) is 9.47 Å². The molecule has 8 heteroatoms. The highest BCUT2D eigenvalue weighted by molar-refractivity contribution is 7.92. The summed E-state index contributed by atoms with van der Waals surface area (Å²) in [6.45, 7) is 2.90. The number of hydrogen-bond acceptors (Lipinski definition) is 5. The Bertz CT molecular complexity index is 1420. The molecule has 2 aliphatic heterocycles. The molecule has 3 aromatic carbocycles. The number of ether oxygens (including phenoxy) is 2. The van der Waals surface area contributed by atoms with E-state index in [9.17, 15) is 13.2 Å². The molecular formula is C27H28N2O5S. The molecular weight excluding hydrogens is 464 g/mol. The van der Waals surface area contributed by atoms with Crippen LogP contribution in [0.5, 0.6) is 11.5 Å². The van der Waals surface area contributed by atoms with Gasteiger partial charge in [-0.15, -0.1) is 0 Å². The highest BCUT2D eigenvalue weighted by Gasteiger charge is 2.34. The monoisotopic (exact) mass is 492 g/mol. The number of amides is 1. The molecule has 0 aliphatic carbocycles. The van der Waals surface area contributed by atoms with Crippen molar-refractivity contribution in [3.05, 3.63) is 76.9 Å². The van der Waals surface area contributed by atoms with Crippen LogP contribution in [-0.2, 0) is 22.9 Å². The summed E-state index contributed by atoms with van der Waals surface area (Å²) >= 11 is 0. The first-order valence-corrected chi connectivity index (χ1v) is 13.1. The highest BCUT2D eigenvalue weighted by Crippen LogP contribution is 2.40. The average molecular weight is 493 g/mol. The molecule has 0 N–H and O–H groups in total. The molecule has 5 rings (SSSR count). The summed E-state index contributed by atoms with van der Waals surface area (Å²) in [5.41, 5.74) is 4.79. The summed E-state index contributed by atoms with van der Waals surface area (Å²) in [5.74, 6) is 0.634. The number of nitrogens with zero attached hydrogens (tertiary/aromatic N) is 2. The minimum absolute atomic E-state index is 0.0618. The lowest BCUT2D eigenvalue weighted by atomic mass is 9.95. The van der Waals surface area contributed by atoms with Gasteiger partial charge in [-0.3, -0.25) is 9.10 Å². The lowest BCUT2D eigenvalue weighted by Crippen LogP contribution is -2.36. The van der Waals surface area contributed by atoms with E-state index in [-0.39, 0.29) is 16.4 Å². The van der Waals surface area contributed by atoms with Gasteiger partial charge in [0.1, 0.15) is 11.5 Å². The van der Waals surface area contributed by atoms with Gasteiger partial charge in [-0.2, -0.15) is 0 Å². The number of hydrogen-bond donors (Lipinski definition) is 0. The fourth-order valence-electron chi connectivity index (χ4n) is 5.07. The maximum absolute atomic E-state index is 13.9. The molecule has 7 nitrogen and oxygen atoms in total. The second-order valence-electron chi connectivity index (χ2n) is 8.79. The smallest absolute Gasteiger partial charge is 0.264 e. The second kappa shape index (κ2) is 8.92. The van der Waals surface area contributed by atoms with E-state index in [2.05, 4.69) is 0 Å². The molecule has 0 spiro atoms. The summed E-state index contributed by atoms with van der Waals surface area (Å²) in [5, 5.41) is 0. The van der Waals surface area contributed by atoms with Crippen molar-refractivity contribution in [1.82, 2.24) is 0 Å². The minimum Gasteiger partial charge on any atom is -0.496 e. The molecule has 35 heavy (non-hydrogen) atoms. The van der Waals surface area contributed by atoms with E-state index < -0.39 is 10.0 Å². The number of carbonyl (C=O) groups is 1. The molecule has 3 aromatic rings. The van der Waals surface area contributed by atoms with Gasteiger partial charge in [0.2, 0.25) is 0 Å². The van der Waals surface area contributed by atoms with Crippen molar-refractivity contribution < 1.29 is 22.7 Å². The molecule has 0 unspecified atom stereocenters. The van der Waals surface area contributed by atoms with E-state index in [1.807, 2.05) is 43.3 Å². The maximum atomic E-state index is 13.9. The molecule has 2 heterocycles. The van der Waals surface area contributed by atoms with Crippen molar-refractivity contribution in [2.45, 2.75) is 31.1 Å². The lowest BCUT2D eigenvalue weighted by molar-refractivity contribution is 0.0981. The topological polar surface area (TPSA) is 76.2 Å². The normalized spacial score (nSPS) is 14.9. The molecule has 0 fully saturated rings. The van der Waals surface area contributed by atoms with Gasteiger partial charge in [-0.1, -0.05) is 24.3 Å². The summed E-state index contributed by atoms with van der Waals surface area (Å²) in [7, 11) is -0.796. The van der Waals surface area contributed by atoms with Crippen LogP contribution < -0.4 is 18.7 Å². The van der Waals surface area contributed by atoms with Crippen molar-refractivity contribution in [3.63, 3.8) is 0 Å². The molecule has 0 aromatic heterocycles. The average Bonchev–Trinajstić information content (AvgIpc) is 3.33. The van der Waals surface area contributed by atoms with Crippen LogP contribution in [0.25, 0.3) is 0 Å². The molecule has 0 radical (unpaired) electrons. The van der Waals surface area contributed by atoms with Crippen LogP contribution in [0.3, 0.4) is 0 Å². The van der Waals surface area contributed by atoms with Crippen LogP contribution in [0.2, 0.25) is 0 Å². The number of fused-ring (bicyclic) bond motifs is 2. The molecule has 0 bridgehead atoms. The van der Waals surface area contributed by atoms with Crippen LogP contribution in [0.4, 0.5) is 11.4 Å². The second-order valence-corrected chi connectivity index (χ2v) is 10.7. The largest absolute Gasteiger partial charge is 0.496 e. The van der Waals surface area contributed by atoms with Gasteiger partial charge in [0.15, 0.2) is 0 Å². The molecule has 182 valence electrons. The predicted molar refractivity (Wildman–Crippen MR) is 135 cm³/mol. The quantitative estimate of drug-likeness (QED) is 0.529. The van der Waals surface area contributed by atoms with Gasteiger partial charge in [0, 0.05) is 13.1 Å². The Labute approximate surface area is 205 Å². The molecule has 0 atom stereocenters. The first-order chi connectivity index (χ1) is 16.9. The Kier molecular flexibility index (Phi) is 5.92. The van der Waals surface area contributed by atoms with E-state index in [0.717, 1.165) is 35.2 Å². The van der Waals surface area contributed by atoms with Gasteiger partial charge in [0.05, 0.1) is 36.1 Å². The third kappa shape index (κ3) is 3.82. The van der Waals surface area contributed by atoms with Crippen molar-refractivity contribution >= 4 is 27.3 Å². The van der Waals surface area contributed by atoms with Crippen LogP contribution in [0.1, 0.15) is 33.5 Å². The van der Waals surface area contributed by atoms with Crippen molar-refractivity contribution in [2.75, 3.05) is 36.5 Å². The Morgan fingerprint density at radius 3 is 2.43 bits per heavy atom. The first-order valence-electron chi connectivity index (χ1n) is 11.6. The number of benzene rings is 3. The van der Waals surface area contributed by atoms with E-state index >= 15 is 0 Å². The van der Waals surface area contributed by atoms with Gasteiger partial charge < -0.3 is 14.4 Å². The molecule has 0 saturated heterocycles. The first kappa shape index (κ1) is 23.2. The standard InChI is InChI=1S/C27H28N2O5S/c1-18-10-12-25(34-3)26-21(18)8-6-15-28(26)27(30)22-17-20(11-13-24(22)33-2)35(31,32)29-16-14-19-7-4-5-9-23(19)29/h4-5,7,9-13,17H,6,8,14-16H2,1-3H3. The van der Waals surface area contributed by atoms with E-state index in [1.165, 1.54) is 23.5 Å². The zero-order valence-electron chi connectivity index (χ0n) is 20.1. The minimum atomic E-state index is -3.86. The van der Waals surface area contributed by atoms with Gasteiger partial charge >= 0.3 is 0 Å². The van der Waals surface area contributed by atoms with Crippen LogP contribution in [0.15, 0.2) is 59.5 Å². The van der Waals surface area contributed by atoms with E-state index in [1.54, 1.807) is 18.1 Å². The Balaban J connectivity index is 1.58. The van der Waals surface area contributed by atoms with Crippen molar-refractivity contribution in [3.8, 4) is 11.5 Å². The molecule has 2 aliphatic rings. The molecule has 1 amide bonds. The summed E-state index contributed by atoms with van der Waals surface area (Å²) < 4.78 is 39.8. The number of para-hydroxylation sites is 1. The fourth-order valence-corrected chi connectivity index (χ4v) is 6.60. The number of anilines is 2. The van der Waals surface area contributed by atoms with E-state index in [0.29, 0.717) is 36.7 Å². The fraction of sp³-hybridized carbons (Fsp3) is 0.296. The van der Waals surface area contributed by atoms with Crippen LogP contribution >= 0.6 is 0 Å². The van der Waals surface area contributed by atoms with Crippen LogP contribution in [0, 0.1) is 6.92 Å². The maximum Gasteiger partial charge on any atom is 0.264 e. The molecule has 0 saturated carbocycles. The highest BCUT2D eigenvalue weighted by atomic mass is 32.2. The SMILES string of the molecule is COc1ccc(S(=O)(=O)N2CCc3ccccc32)cc1C(=O)N1CCCc2c(C)ccc(OC)c21. The Morgan fingerprint density at radius 1 is 0.914 bits per heavy atom. The Hall–Kier alpha value is -3.52. The zero-order chi connectivity index (χ0) is 24.7. The van der Waals surface area contributed by atoms with Gasteiger partial charge in [0.25, 0.3) is 15.9 Å². The number of sulfonamides is 1. The number of aryl methyl sites for hydroxylation is 1. The third-order valence-corrected chi connectivity index (χ3v) is 8.67. The Morgan fingerprint density at radius 2 is 1.66 bits per heavy atom. The number of rotatable bonds is 5. The summed E-state index contributed by atoms with van der Waals surface area (Å²) in [6, 6.07) is 15.8. The van der Waals surface area contributed by atoms with Gasteiger partial charge in [-0.05, 0) is 73.2 Å². The van der Waals surface area contributed by atoms with Crippen molar-refractivity contribution in [1.29, 1.82) is 0 Å². The number of carbonyl (C=O) groups excluding carboxylic acids is 1. The lowest BCUT2D eigenvalue weighted by Gasteiger charge is -2.32. The van der Waals surface area contributed by atoms with Crippen molar-refractivity contribution in [2.24, 2.45) is 0 Å². The summed E-state index contributed by atoms with van der Waals surface area (Å²) in [4.78, 5) is 15.6. The predicted octanol–water partition coefficient (Wildman–Crippen LogP) is 4.36. The summed E-state index contributed by atoms with van der Waals surface area (Å²) in [6.07, 6.45) is 2.31. The van der Waals surface area contributed by atoms with Crippen LogP contribution in [-0.4, -0.2) is 41.6 Å². The number of methoxy groups -OCH3 is 2.